The SMILES string of the molecule is Cc1cc(-c2ccccc2)cc(C)n1.Cc1cc(C)c(C)c(C)c1.Cc1cc(C)c(C)cc1C.Cc1ccc(-c2ccc(C)cc2)cc1.Cc1ccc(-c2cccc(C)c2)cc1.Cc1ccc(C)c(C)c1.Cc1ccc(C)cc1.Cc1ccc(C)nc1.Cc1cccc(C)c1.Cc1cccc(C)n1.Cc1ccccc1C.Cc1ccnc(C)n1.Cc1cnc(C)cn1.Cc1cnc(C)nc1. The van der Waals surface area contributed by atoms with Gasteiger partial charge in [-0.25, -0.2) is 19.9 Å². The van der Waals surface area contributed by atoms with E-state index in [1.165, 1.54) is 156 Å². The minimum atomic E-state index is 0.829. The molecule has 11 aromatic carbocycles. The highest BCUT2D eigenvalue weighted by atomic mass is 14.9. The Balaban J connectivity index is 0.000000306. The zero-order valence-corrected chi connectivity index (χ0v) is 87.7. The molecule has 0 saturated heterocycles. The third-order valence-corrected chi connectivity index (χ3v) is 21.5. The lowest BCUT2D eigenvalue weighted by molar-refractivity contribution is 1.01. The Hall–Kier alpha value is -13.9. The molecule has 135 heavy (non-hydrogen) atoms. The van der Waals surface area contributed by atoms with E-state index in [0.29, 0.717) is 0 Å². The number of pyridine rings is 3. The van der Waals surface area contributed by atoms with Gasteiger partial charge in [-0.1, -0.05) is 310 Å². The van der Waals surface area contributed by atoms with Gasteiger partial charge in [0, 0.05) is 71.3 Å². The maximum Gasteiger partial charge on any atom is 0.125 e. The zero-order chi connectivity index (χ0) is 100. The third-order valence-electron chi connectivity index (χ3n) is 21.5. The third kappa shape index (κ3) is 49.4. The molecule has 9 nitrogen and oxygen atoms in total. The van der Waals surface area contributed by atoms with Gasteiger partial charge < -0.3 is 0 Å². The second-order valence-electron chi connectivity index (χ2n) is 35.3. The predicted molar refractivity (Wildman–Crippen MR) is 583 cm³/mol. The largest absolute Gasteiger partial charge is 0.261 e. The van der Waals surface area contributed by atoms with Crippen LogP contribution in [0.5, 0.6) is 0 Å². The quantitative estimate of drug-likeness (QED) is 0.170. The van der Waals surface area contributed by atoms with Crippen molar-refractivity contribution in [1.29, 1.82) is 0 Å². The van der Waals surface area contributed by atoms with Crippen LogP contribution in [0, 0.1) is 228 Å². The zero-order valence-electron chi connectivity index (χ0n) is 87.7. The molecular formula is C126H153N9. The molecule has 0 unspecified atom stereocenters. The Labute approximate surface area is 814 Å². The van der Waals surface area contributed by atoms with Gasteiger partial charge in [-0.3, -0.25) is 24.9 Å². The van der Waals surface area contributed by atoms with Crippen molar-refractivity contribution in [3.05, 3.63) is 514 Å². The first-order valence-electron chi connectivity index (χ1n) is 46.6. The molecule has 0 amide bonds. The molecular weight excluding hydrogens is 1640 g/mol. The Morgan fingerprint density at radius 3 is 0.785 bits per heavy atom. The molecule has 0 aliphatic carbocycles. The molecule has 0 radical (unpaired) electrons. The molecule has 17 aromatic rings. The van der Waals surface area contributed by atoms with Crippen molar-refractivity contribution in [3.8, 4) is 33.4 Å². The maximum absolute atomic E-state index is 4.36. The molecule has 0 atom stereocenters. The summed E-state index contributed by atoms with van der Waals surface area (Å²) in [5, 5.41) is 0. The molecule has 0 saturated carbocycles. The average Bonchev–Trinajstić information content (AvgIpc) is 0.911. The summed E-state index contributed by atoms with van der Waals surface area (Å²) in [7, 11) is 0. The van der Waals surface area contributed by atoms with Gasteiger partial charge in [-0.2, -0.15) is 0 Å². The van der Waals surface area contributed by atoms with E-state index < -0.39 is 0 Å². The highest BCUT2D eigenvalue weighted by Crippen LogP contribution is 2.24. The number of aryl methyl sites for hydroxylation is 32. The fraction of sp³-hybridized carbons (Fsp3) is 0.262. The van der Waals surface area contributed by atoms with E-state index in [9.17, 15) is 0 Å². The van der Waals surface area contributed by atoms with Crippen LogP contribution in [0.4, 0.5) is 0 Å². The molecule has 0 fully saturated rings. The van der Waals surface area contributed by atoms with E-state index in [1.54, 1.807) is 18.6 Å². The van der Waals surface area contributed by atoms with Crippen LogP contribution in [0.25, 0.3) is 33.4 Å². The van der Waals surface area contributed by atoms with E-state index >= 15 is 0 Å². The topological polar surface area (TPSA) is 116 Å². The van der Waals surface area contributed by atoms with E-state index in [2.05, 4.69) is 445 Å². The molecule has 0 spiro atoms. The first-order chi connectivity index (χ1) is 64.0. The lowest BCUT2D eigenvalue weighted by atomic mass is 10.0. The van der Waals surface area contributed by atoms with Crippen molar-refractivity contribution in [2.45, 2.75) is 228 Å². The van der Waals surface area contributed by atoms with Crippen LogP contribution in [0.3, 0.4) is 0 Å². The lowest BCUT2D eigenvalue weighted by Crippen LogP contribution is -1.87. The Bertz CT molecular complexity index is 5670. The second kappa shape index (κ2) is 61.8. The second-order valence-corrected chi connectivity index (χ2v) is 35.3. The minimum absolute atomic E-state index is 0.829. The van der Waals surface area contributed by atoms with E-state index in [1.807, 2.05) is 138 Å². The van der Waals surface area contributed by atoms with E-state index in [-0.39, 0.29) is 0 Å². The number of aromatic nitrogens is 9. The highest BCUT2D eigenvalue weighted by Gasteiger charge is 2.03. The van der Waals surface area contributed by atoms with Crippen LogP contribution in [-0.4, -0.2) is 44.9 Å². The van der Waals surface area contributed by atoms with Crippen LogP contribution >= 0.6 is 0 Å². The number of hydrogen-bond donors (Lipinski definition) is 0. The Kier molecular flexibility index (Phi) is 51.9. The van der Waals surface area contributed by atoms with Crippen molar-refractivity contribution >= 4 is 0 Å². The number of benzene rings is 11. The summed E-state index contributed by atoms with van der Waals surface area (Å²) in [5.41, 5.74) is 46.9. The summed E-state index contributed by atoms with van der Waals surface area (Å²) >= 11 is 0. The Morgan fingerprint density at radius 1 is 0.133 bits per heavy atom. The van der Waals surface area contributed by atoms with Gasteiger partial charge in [0.2, 0.25) is 0 Å². The van der Waals surface area contributed by atoms with Crippen molar-refractivity contribution in [1.82, 2.24) is 44.9 Å². The molecule has 0 bridgehead atoms. The lowest BCUT2D eigenvalue weighted by Gasteiger charge is -2.04. The number of hydrogen-bond acceptors (Lipinski definition) is 9. The molecule has 0 aliphatic heterocycles. The van der Waals surface area contributed by atoms with Crippen LogP contribution in [0.2, 0.25) is 0 Å². The summed E-state index contributed by atoms with van der Waals surface area (Å²) < 4.78 is 0. The molecule has 6 aromatic heterocycles. The van der Waals surface area contributed by atoms with Gasteiger partial charge >= 0.3 is 0 Å². The number of rotatable bonds is 3. The van der Waals surface area contributed by atoms with Crippen molar-refractivity contribution in [2.75, 3.05) is 0 Å². The molecule has 702 valence electrons. The maximum atomic E-state index is 4.36. The standard InChI is InChI=1S/2C14H14.C13H13N.2C10H14.C9H12.3C8H10.2C7H9N.3C6H8N2/c1-11-3-7-13(8-4-11)14-9-5-12(2)6-10-14;1-11-6-8-13(9-7-11)14-5-3-4-12(2)10-14;1-10-8-13(9-11(2)14-10)12-6-4-3-5-7-12;1-7-5-9(3)10(4)6-8(7)2;1-7-5-8(2)10(4)9(3)6-7;1-7-4-5-8(2)9(3)6-7;1-7-3-5-8(2)6-4-7;1-7-4-3-5-8(2)6-7;1-7-5-3-4-6-8(7)2;1-6-3-4-7(2)8-5-6;1-6-4-3-5-7(2)8-6;1-5-3-8-6(2)4-7-5;1-5-3-7-6(2)8-4-5;1-5-3-4-7-6(2)8-5/h2*3-10H,1-2H3;3-9H,1-2H3;2*5-6H,1-4H3;4-6H,1-3H3;3*3-6H,1-2H3;2*3-5H,1-2H3;3*3-4H,1-2H3. The molecule has 0 aliphatic rings. The summed E-state index contributed by atoms with van der Waals surface area (Å²) in [4.78, 5) is 36.6. The first-order valence-corrected chi connectivity index (χ1v) is 46.6. The summed E-state index contributed by atoms with van der Waals surface area (Å²) in [6, 6.07) is 102. The molecule has 0 N–H and O–H groups in total. The fourth-order valence-corrected chi connectivity index (χ4v) is 12.8. The monoisotopic (exact) mass is 1790 g/mol. The van der Waals surface area contributed by atoms with Crippen molar-refractivity contribution in [2.24, 2.45) is 0 Å². The van der Waals surface area contributed by atoms with Crippen LogP contribution < -0.4 is 0 Å². The van der Waals surface area contributed by atoms with Gasteiger partial charge in [0.1, 0.15) is 11.6 Å². The first kappa shape index (κ1) is 113. The van der Waals surface area contributed by atoms with E-state index in [4.69, 9.17) is 0 Å². The van der Waals surface area contributed by atoms with Crippen LogP contribution in [0.1, 0.15) is 185 Å². The smallest absolute Gasteiger partial charge is 0.125 e. The van der Waals surface area contributed by atoms with Gasteiger partial charge in [-0.05, 0) is 371 Å². The average molecular weight is 1790 g/mol. The normalized spacial score (nSPS) is 9.67. The van der Waals surface area contributed by atoms with E-state index in [0.717, 1.165) is 62.8 Å². The summed E-state index contributed by atoms with van der Waals surface area (Å²) in [6.45, 7) is 68.3. The van der Waals surface area contributed by atoms with Gasteiger partial charge in [-0.15, -0.1) is 0 Å². The van der Waals surface area contributed by atoms with Crippen molar-refractivity contribution < 1.29 is 0 Å². The summed E-state index contributed by atoms with van der Waals surface area (Å²) in [6.07, 6.45) is 10.8. The number of nitrogens with zero attached hydrogens (tertiary/aromatic N) is 9. The predicted octanol–water partition coefficient (Wildman–Crippen LogP) is 33.3. The fourth-order valence-electron chi connectivity index (χ4n) is 12.8. The molecule has 17 rings (SSSR count). The summed E-state index contributed by atoms with van der Waals surface area (Å²) in [5.74, 6) is 1.67. The highest BCUT2D eigenvalue weighted by molar-refractivity contribution is 5.66. The van der Waals surface area contributed by atoms with Crippen molar-refractivity contribution in [3.63, 3.8) is 0 Å². The minimum Gasteiger partial charge on any atom is -0.261 e. The van der Waals surface area contributed by atoms with Gasteiger partial charge in [0.15, 0.2) is 0 Å². The van der Waals surface area contributed by atoms with Gasteiger partial charge in [0.25, 0.3) is 0 Å². The Morgan fingerprint density at radius 2 is 0.452 bits per heavy atom. The van der Waals surface area contributed by atoms with Gasteiger partial charge in [0.05, 0.1) is 11.4 Å². The van der Waals surface area contributed by atoms with Crippen LogP contribution in [-0.2, 0) is 0 Å². The molecule has 9 heteroatoms. The molecule has 6 heterocycles. The van der Waals surface area contributed by atoms with Crippen LogP contribution in [0.15, 0.2) is 328 Å².